The Labute approximate surface area is 151 Å². The van der Waals surface area contributed by atoms with Crippen LogP contribution in [0, 0.1) is 20.8 Å². The van der Waals surface area contributed by atoms with Crippen molar-refractivity contribution >= 4 is 28.3 Å². The second-order valence-electron chi connectivity index (χ2n) is 6.50. The molecule has 1 amide bonds. The number of nitrogens with zero attached hydrogens (tertiary/aromatic N) is 5. The molecular formula is C17H24N6OS. The van der Waals surface area contributed by atoms with Gasteiger partial charge in [0.1, 0.15) is 16.0 Å². The van der Waals surface area contributed by atoms with Crippen molar-refractivity contribution in [3.63, 3.8) is 0 Å². The van der Waals surface area contributed by atoms with E-state index in [-0.39, 0.29) is 11.9 Å². The molecule has 0 bridgehead atoms. The lowest BCUT2D eigenvalue weighted by Crippen LogP contribution is -2.24. The maximum atomic E-state index is 12.1. The first-order chi connectivity index (χ1) is 11.9. The number of nitrogens with one attached hydrogen (secondary N) is 1. The minimum Gasteiger partial charge on any atom is -0.350 e. The van der Waals surface area contributed by atoms with Gasteiger partial charge in [-0.25, -0.2) is 4.98 Å². The van der Waals surface area contributed by atoms with Gasteiger partial charge >= 0.3 is 0 Å². The van der Waals surface area contributed by atoms with E-state index in [1.54, 1.807) is 11.3 Å². The highest BCUT2D eigenvalue weighted by Gasteiger charge is 2.15. The molecule has 134 valence electrons. The van der Waals surface area contributed by atoms with Crippen LogP contribution in [0.2, 0.25) is 0 Å². The van der Waals surface area contributed by atoms with Gasteiger partial charge in [0.05, 0.1) is 30.7 Å². The third-order valence-electron chi connectivity index (χ3n) is 4.22. The Morgan fingerprint density at radius 2 is 2.04 bits per heavy atom. The van der Waals surface area contributed by atoms with Crippen LogP contribution >= 0.6 is 11.3 Å². The molecule has 0 fully saturated rings. The zero-order chi connectivity index (χ0) is 18.1. The zero-order valence-electron chi connectivity index (χ0n) is 15.3. The van der Waals surface area contributed by atoms with Gasteiger partial charge in [-0.3, -0.25) is 14.2 Å². The van der Waals surface area contributed by atoms with Gasteiger partial charge in [0.2, 0.25) is 5.91 Å². The van der Waals surface area contributed by atoms with Crippen LogP contribution in [0.5, 0.6) is 0 Å². The van der Waals surface area contributed by atoms with Gasteiger partial charge in [0.25, 0.3) is 0 Å². The van der Waals surface area contributed by atoms with E-state index in [0.29, 0.717) is 19.5 Å². The maximum Gasteiger partial charge on any atom is 0.222 e. The highest BCUT2D eigenvalue weighted by atomic mass is 32.1. The summed E-state index contributed by atoms with van der Waals surface area (Å²) in [6.45, 7) is 11.2. The number of hydrogen-bond acceptors (Lipinski definition) is 5. The van der Waals surface area contributed by atoms with E-state index in [9.17, 15) is 4.79 Å². The summed E-state index contributed by atoms with van der Waals surface area (Å²) in [6.07, 6.45) is 2.21. The number of aromatic nitrogens is 5. The first-order valence-electron chi connectivity index (χ1n) is 8.47. The molecule has 0 saturated carbocycles. The number of fused-ring (bicyclic) bond motifs is 1. The summed E-state index contributed by atoms with van der Waals surface area (Å²) in [6, 6.07) is 0.280. The summed E-state index contributed by atoms with van der Waals surface area (Å²) in [5, 5.41) is 12.9. The Morgan fingerprint density at radius 1 is 1.28 bits per heavy atom. The monoisotopic (exact) mass is 360 g/mol. The summed E-state index contributed by atoms with van der Waals surface area (Å²) in [4.78, 5) is 17.8. The van der Waals surface area contributed by atoms with Crippen LogP contribution in [-0.2, 0) is 17.9 Å². The lowest BCUT2D eigenvalue weighted by molar-refractivity contribution is -0.121. The van der Waals surface area contributed by atoms with E-state index in [4.69, 9.17) is 0 Å². The van der Waals surface area contributed by atoms with Gasteiger partial charge in [-0.05, 0) is 34.6 Å². The van der Waals surface area contributed by atoms with E-state index in [2.05, 4.69) is 34.3 Å². The van der Waals surface area contributed by atoms with Crippen LogP contribution in [0.15, 0.2) is 6.20 Å². The molecule has 0 aliphatic carbocycles. The molecule has 0 aliphatic heterocycles. The standard InChI is InChI=1S/C17H24N6OS/c1-10(2)23-14-8-19-22(17(14)12(4)21-23)7-6-15(24)18-9-16-20-11(3)13(5)25-16/h8,10H,6-7,9H2,1-5H3,(H,18,24). The van der Waals surface area contributed by atoms with Crippen molar-refractivity contribution < 1.29 is 4.79 Å². The number of rotatable bonds is 6. The average Bonchev–Trinajstić information content (AvgIpc) is 3.20. The smallest absolute Gasteiger partial charge is 0.222 e. The van der Waals surface area contributed by atoms with Crippen molar-refractivity contribution in [1.29, 1.82) is 0 Å². The second kappa shape index (κ2) is 6.95. The summed E-state index contributed by atoms with van der Waals surface area (Å²) in [5.74, 6) is 0.00283. The van der Waals surface area contributed by atoms with Crippen molar-refractivity contribution in [3.8, 4) is 0 Å². The van der Waals surface area contributed by atoms with Crippen molar-refractivity contribution in [3.05, 3.63) is 27.5 Å². The Morgan fingerprint density at radius 3 is 2.68 bits per heavy atom. The molecule has 0 aromatic carbocycles. The van der Waals surface area contributed by atoms with Crippen LogP contribution in [0.1, 0.15) is 47.6 Å². The third kappa shape index (κ3) is 3.58. The lowest BCUT2D eigenvalue weighted by Gasteiger charge is -2.04. The van der Waals surface area contributed by atoms with Crippen LogP contribution < -0.4 is 5.32 Å². The predicted molar refractivity (Wildman–Crippen MR) is 98.7 cm³/mol. The van der Waals surface area contributed by atoms with Gasteiger partial charge in [-0.2, -0.15) is 10.2 Å². The lowest BCUT2D eigenvalue weighted by atomic mass is 10.3. The highest BCUT2D eigenvalue weighted by molar-refractivity contribution is 7.11. The molecule has 8 heteroatoms. The largest absolute Gasteiger partial charge is 0.350 e. The van der Waals surface area contributed by atoms with E-state index < -0.39 is 0 Å². The SMILES string of the molecule is Cc1nc(CNC(=O)CCn2ncc3c2c(C)nn3C(C)C)sc1C. The third-order valence-corrected chi connectivity index (χ3v) is 5.29. The number of carbonyl (C=O) groups is 1. The van der Waals surface area contributed by atoms with Gasteiger partial charge < -0.3 is 5.32 Å². The molecule has 0 spiro atoms. The normalized spacial score (nSPS) is 11.6. The summed E-state index contributed by atoms with van der Waals surface area (Å²) in [7, 11) is 0. The van der Waals surface area contributed by atoms with Crippen LogP contribution in [0.25, 0.3) is 11.0 Å². The molecule has 0 aliphatic rings. The van der Waals surface area contributed by atoms with Crippen molar-refractivity contribution in [2.24, 2.45) is 0 Å². The fourth-order valence-corrected chi connectivity index (χ4v) is 3.70. The van der Waals surface area contributed by atoms with E-state index in [0.717, 1.165) is 27.4 Å². The van der Waals surface area contributed by atoms with E-state index >= 15 is 0 Å². The van der Waals surface area contributed by atoms with Gasteiger partial charge in [0.15, 0.2) is 0 Å². The summed E-state index contributed by atoms with van der Waals surface area (Å²) >= 11 is 1.63. The highest BCUT2D eigenvalue weighted by Crippen LogP contribution is 2.21. The molecule has 3 aromatic rings. The van der Waals surface area contributed by atoms with Crippen LogP contribution in [0.3, 0.4) is 0 Å². The number of aryl methyl sites for hydroxylation is 4. The summed E-state index contributed by atoms with van der Waals surface area (Å²) < 4.78 is 3.84. The second-order valence-corrected chi connectivity index (χ2v) is 7.79. The number of hydrogen-bond donors (Lipinski definition) is 1. The first-order valence-corrected chi connectivity index (χ1v) is 9.28. The van der Waals surface area contributed by atoms with Crippen LogP contribution in [-0.4, -0.2) is 30.5 Å². The molecule has 0 saturated heterocycles. The Balaban J connectivity index is 1.61. The molecule has 1 N–H and O–H groups in total. The first kappa shape index (κ1) is 17.6. The fourth-order valence-electron chi connectivity index (χ4n) is 2.83. The molecule has 3 heterocycles. The van der Waals surface area contributed by atoms with E-state index in [1.165, 1.54) is 4.88 Å². The van der Waals surface area contributed by atoms with Gasteiger partial charge in [-0.1, -0.05) is 0 Å². The quantitative estimate of drug-likeness (QED) is 0.733. The van der Waals surface area contributed by atoms with Crippen molar-refractivity contribution in [1.82, 2.24) is 29.9 Å². The van der Waals surface area contributed by atoms with Gasteiger partial charge in [-0.15, -0.1) is 11.3 Å². The Bertz CT molecular complexity index is 884. The molecule has 7 nitrogen and oxygen atoms in total. The van der Waals surface area contributed by atoms with Crippen molar-refractivity contribution in [2.75, 3.05) is 0 Å². The molecule has 0 radical (unpaired) electrons. The molecule has 0 atom stereocenters. The molecule has 25 heavy (non-hydrogen) atoms. The van der Waals surface area contributed by atoms with Crippen molar-refractivity contribution in [2.45, 2.75) is 60.2 Å². The molecular weight excluding hydrogens is 336 g/mol. The molecule has 3 aromatic heterocycles. The number of amides is 1. The van der Waals surface area contributed by atoms with Gasteiger partial charge in [0, 0.05) is 17.3 Å². The minimum atomic E-state index is 0.00283. The average molecular weight is 360 g/mol. The topological polar surface area (TPSA) is 77.6 Å². The number of carbonyl (C=O) groups excluding carboxylic acids is 1. The predicted octanol–water partition coefficient (Wildman–Crippen LogP) is 2.90. The van der Waals surface area contributed by atoms with E-state index in [1.807, 2.05) is 36.3 Å². The molecule has 3 rings (SSSR count). The maximum absolute atomic E-state index is 12.1. The van der Waals surface area contributed by atoms with Crippen LogP contribution in [0.4, 0.5) is 0 Å². The minimum absolute atomic E-state index is 0.00283. The zero-order valence-corrected chi connectivity index (χ0v) is 16.1. The fraction of sp³-hybridized carbons (Fsp3) is 0.529. The Kier molecular flexibility index (Phi) is 4.89. The summed E-state index contributed by atoms with van der Waals surface area (Å²) in [5.41, 5.74) is 4.00. The molecule has 0 unspecified atom stereocenters. The Hall–Kier alpha value is -2.22. The number of thiazole rings is 1.